The first-order valence-electron chi connectivity index (χ1n) is 3.96. The molecule has 2 rings (SSSR count). The molecule has 0 fully saturated rings. The molecule has 0 saturated heterocycles. The third-order valence-corrected chi connectivity index (χ3v) is 2.39. The molecule has 14 heavy (non-hydrogen) atoms. The van der Waals surface area contributed by atoms with Gasteiger partial charge in [0.05, 0.1) is 6.42 Å². The van der Waals surface area contributed by atoms with Crippen LogP contribution in [0.4, 0.5) is 0 Å². The van der Waals surface area contributed by atoms with Gasteiger partial charge in [0.15, 0.2) is 0 Å². The summed E-state index contributed by atoms with van der Waals surface area (Å²) in [6.07, 6.45) is 0.604. The fourth-order valence-corrected chi connectivity index (χ4v) is 1.48. The molecule has 1 heterocycles. The molecule has 0 aliphatic heterocycles. The average molecular weight is 274 g/mol. The van der Waals surface area contributed by atoms with E-state index < -0.39 is 0 Å². The van der Waals surface area contributed by atoms with Crippen LogP contribution in [0, 0.1) is 0 Å². The summed E-state index contributed by atoms with van der Waals surface area (Å²) < 4.78 is 5.94. The predicted octanol–water partition coefficient (Wildman–Crippen LogP) is 3.08. The Morgan fingerprint density at radius 1 is 1.29 bits per heavy atom. The number of halogens is 2. The van der Waals surface area contributed by atoms with E-state index in [1.165, 1.54) is 0 Å². The zero-order valence-corrected chi connectivity index (χ0v) is 9.42. The molecule has 5 heteroatoms. The first-order chi connectivity index (χ1) is 6.74. The average Bonchev–Trinajstić information content (AvgIpc) is 2.56. The minimum Gasteiger partial charge on any atom is -0.338 e. The van der Waals surface area contributed by atoms with Crippen molar-refractivity contribution in [1.82, 2.24) is 10.1 Å². The van der Waals surface area contributed by atoms with Crippen LogP contribution in [0.1, 0.15) is 11.5 Å². The monoisotopic (exact) mass is 272 g/mol. The van der Waals surface area contributed by atoms with Crippen molar-refractivity contribution in [3.8, 4) is 0 Å². The van der Waals surface area contributed by atoms with Crippen molar-refractivity contribution < 1.29 is 4.52 Å². The number of aromatic nitrogens is 2. The smallest absolute Gasteiger partial charge is 0.263 e. The van der Waals surface area contributed by atoms with Crippen molar-refractivity contribution in [3.63, 3.8) is 0 Å². The Kier molecular flexibility index (Phi) is 2.84. The van der Waals surface area contributed by atoms with E-state index in [0.717, 1.165) is 10.0 Å². The quantitative estimate of drug-likeness (QED) is 0.844. The summed E-state index contributed by atoms with van der Waals surface area (Å²) >= 11 is 8.89. The van der Waals surface area contributed by atoms with E-state index in [4.69, 9.17) is 16.1 Å². The van der Waals surface area contributed by atoms with E-state index in [1.54, 1.807) is 0 Å². The SMILES string of the molecule is Clc1noc(Cc2ccc(Br)cc2)n1. The van der Waals surface area contributed by atoms with Crippen LogP contribution in [0.3, 0.4) is 0 Å². The Balaban J connectivity index is 2.15. The van der Waals surface area contributed by atoms with Gasteiger partial charge in [0.25, 0.3) is 5.28 Å². The Hall–Kier alpha value is -0.870. The molecule has 1 aromatic carbocycles. The van der Waals surface area contributed by atoms with Crippen LogP contribution in [0.15, 0.2) is 33.3 Å². The minimum atomic E-state index is 0.150. The summed E-state index contributed by atoms with van der Waals surface area (Å²) in [5, 5.41) is 3.65. The molecule has 0 radical (unpaired) electrons. The second kappa shape index (κ2) is 4.11. The molecule has 0 unspecified atom stereocenters. The zero-order chi connectivity index (χ0) is 9.97. The van der Waals surface area contributed by atoms with Crippen molar-refractivity contribution in [1.29, 1.82) is 0 Å². The Morgan fingerprint density at radius 3 is 2.57 bits per heavy atom. The summed E-state index contributed by atoms with van der Waals surface area (Å²) in [5.41, 5.74) is 1.11. The van der Waals surface area contributed by atoms with E-state index in [0.29, 0.717) is 12.3 Å². The molecule has 0 N–H and O–H groups in total. The highest BCUT2D eigenvalue weighted by Crippen LogP contribution is 2.13. The van der Waals surface area contributed by atoms with Crippen molar-refractivity contribution >= 4 is 27.5 Å². The molecule has 2 aromatic rings. The molecule has 3 nitrogen and oxygen atoms in total. The van der Waals surface area contributed by atoms with Crippen molar-refractivity contribution in [2.75, 3.05) is 0 Å². The Labute approximate surface area is 94.2 Å². The molecule has 0 atom stereocenters. The van der Waals surface area contributed by atoms with Gasteiger partial charge in [0.1, 0.15) is 0 Å². The molecule has 72 valence electrons. The highest BCUT2D eigenvalue weighted by atomic mass is 79.9. The van der Waals surface area contributed by atoms with Gasteiger partial charge in [-0.15, -0.1) is 0 Å². The maximum Gasteiger partial charge on any atom is 0.263 e. The topological polar surface area (TPSA) is 38.9 Å². The molecule has 0 saturated carbocycles. The van der Waals surface area contributed by atoms with Gasteiger partial charge in [-0.1, -0.05) is 28.1 Å². The highest BCUT2D eigenvalue weighted by molar-refractivity contribution is 9.10. The van der Waals surface area contributed by atoms with Crippen molar-refractivity contribution in [3.05, 3.63) is 45.5 Å². The summed E-state index contributed by atoms with van der Waals surface area (Å²) in [6.45, 7) is 0. The van der Waals surface area contributed by atoms with Gasteiger partial charge in [-0.2, -0.15) is 4.98 Å². The lowest BCUT2D eigenvalue weighted by atomic mass is 10.1. The maximum absolute atomic E-state index is 5.53. The van der Waals surface area contributed by atoms with Gasteiger partial charge in [-0.25, -0.2) is 0 Å². The first kappa shape index (κ1) is 9.68. The van der Waals surface area contributed by atoms with Crippen LogP contribution in [-0.4, -0.2) is 10.1 Å². The van der Waals surface area contributed by atoms with Gasteiger partial charge < -0.3 is 4.52 Å². The highest BCUT2D eigenvalue weighted by Gasteiger charge is 2.04. The summed E-state index contributed by atoms with van der Waals surface area (Å²) in [5.74, 6) is 0.525. The summed E-state index contributed by atoms with van der Waals surface area (Å²) in [4.78, 5) is 3.90. The van der Waals surface area contributed by atoms with Crippen molar-refractivity contribution in [2.24, 2.45) is 0 Å². The minimum absolute atomic E-state index is 0.150. The lowest BCUT2D eigenvalue weighted by Gasteiger charge is -1.95. The van der Waals surface area contributed by atoms with Gasteiger partial charge >= 0.3 is 0 Å². The lowest BCUT2D eigenvalue weighted by molar-refractivity contribution is 0.384. The van der Waals surface area contributed by atoms with E-state index in [2.05, 4.69) is 26.1 Å². The van der Waals surface area contributed by atoms with Crippen LogP contribution in [0.5, 0.6) is 0 Å². The van der Waals surface area contributed by atoms with E-state index in [1.807, 2.05) is 24.3 Å². The zero-order valence-electron chi connectivity index (χ0n) is 7.08. The fraction of sp³-hybridized carbons (Fsp3) is 0.111. The third-order valence-electron chi connectivity index (χ3n) is 1.71. The standard InChI is InChI=1S/C9H6BrClN2O/c10-7-3-1-6(2-4-7)5-8-12-9(11)13-14-8/h1-4H,5H2. The van der Waals surface area contributed by atoms with Gasteiger partial charge in [0.2, 0.25) is 5.89 Å². The van der Waals surface area contributed by atoms with Crippen LogP contribution < -0.4 is 0 Å². The fourth-order valence-electron chi connectivity index (χ4n) is 1.08. The lowest BCUT2D eigenvalue weighted by Crippen LogP contribution is -1.87. The number of rotatable bonds is 2. The van der Waals surface area contributed by atoms with Crippen LogP contribution in [0.2, 0.25) is 5.28 Å². The predicted molar refractivity (Wildman–Crippen MR) is 56.3 cm³/mol. The molecule has 1 aromatic heterocycles. The molecular weight excluding hydrogens is 267 g/mol. The number of benzene rings is 1. The van der Waals surface area contributed by atoms with Crippen molar-refractivity contribution in [2.45, 2.75) is 6.42 Å². The molecule has 0 amide bonds. The van der Waals surface area contributed by atoms with Crippen LogP contribution in [0.25, 0.3) is 0 Å². The summed E-state index contributed by atoms with van der Waals surface area (Å²) in [7, 11) is 0. The van der Waals surface area contributed by atoms with Gasteiger partial charge in [-0.05, 0) is 34.5 Å². The van der Waals surface area contributed by atoms with Crippen LogP contribution >= 0.6 is 27.5 Å². The van der Waals surface area contributed by atoms with Gasteiger partial charge in [-0.3, -0.25) is 0 Å². The third kappa shape index (κ3) is 2.33. The van der Waals surface area contributed by atoms with E-state index >= 15 is 0 Å². The van der Waals surface area contributed by atoms with Crippen LogP contribution in [-0.2, 0) is 6.42 Å². The molecule has 0 aliphatic rings. The molecule has 0 bridgehead atoms. The summed E-state index contributed by atoms with van der Waals surface area (Å²) in [6, 6.07) is 7.91. The Bertz CT molecular complexity index is 427. The van der Waals surface area contributed by atoms with E-state index in [-0.39, 0.29) is 5.28 Å². The first-order valence-corrected chi connectivity index (χ1v) is 5.13. The normalized spacial score (nSPS) is 10.4. The largest absolute Gasteiger partial charge is 0.338 e. The molecular formula is C9H6BrClN2O. The number of hydrogen-bond acceptors (Lipinski definition) is 3. The number of nitrogens with zero attached hydrogens (tertiary/aromatic N) is 2. The maximum atomic E-state index is 5.53. The number of hydrogen-bond donors (Lipinski definition) is 0. The Morgan fingerprint density at radius 2 is 2.00 bits per heavy atom. The molecule has 0 spiro atoms. The second-order valence-electron chi connectivity index (χ2n) is 2.76. The van der Waals surface area contributed by atoms with Gasteiger partial charge in [0, 0.05) is 4.47 Å². The second-order valence-corrected chi connectivity index (χ2v) is 4.01. The molecule has 0 aliphatic carbocycles. The van der Waals surface area contributed by atoms with E-state index in [9.17, 15) is 0 Å².